The van der Waals surface area contributed by atoms with Crippen LogP contribution in [0.2, 0.25) is 0 Å². The normalized spacial score (nSPS) is 14.5. The van der Waals surface area contributed by atoms with Gasteiger partial charge in [-0.1, -0.05) is 11.8 Å². The van der Waals surface area contributed by atoms with Crippen molar-refractivity contribution in [3.8, 4) is 0 Å². The minimum absolute atomic E-state index is 0.324. The van der Waals surface area contributed by atoms with Crippen molar-refractivity contribution in [2.24, 2.45) is 0 Å². The van der Waals surface area contributed by atoms with Crippen LogP contribution >= 0.6 is 11.8 Å². The van der Waals surface area contributed by atoms with E-state index in [1.54, 1.807) is 0 Å². The van der Waals surface area contributed by atoms with Crippen molar-refractivity contribution < 1.29 is 44.3 Å². The molecule has 0 aromatic rings. The van der Waals surface area contributed by atoms with Crippen LogP contribution in [-0.2, 0) is 4.79 Å². The molecule has 0 atom stereocenters. The van der Waals surface area contributed by atoms with E-state index >= 15 is 0 Å². The van der Waals surface area contributed by atoms with E-state index in [4.69, 9.17) is 0 Å². The largest absolute Gasteiger partial charge is 0.459 e. The van der Waals surface area contributed by atoms with E-state index in [0.29, 0.717) is 11.8 Å². The molecule has 0 heterocycles. The van der Waals surface area contributed by atoms with Gasteiger partial charge in [0.25, 0.3) is 5.92 Å². The SMILES string of the molecule is CC(=O)SCCC(F)(F)CC(F)(F)C(F)(F)C(F)(F)F. The van der Waals surface area contributed by atoms with E-state index in [0.717, 1.165) is 6.92 Å². The summed E-state index contributed by atoms with van der Waals surface area (Å²) in [5.41, 5.74) is 0. The zero-order chi connectivity index (χ0) is 16.4. The predicted molar refractivity (Wildman–Crippen MR) is 53.3 cm³/mol. The first-order valence-electron chi connectivity index (χ1n) is 4.96. The molecule has 20 heavy (non-hydrogen) atoms. The fraction of sp³-hybridized carbons (Fsp3) is 0.889. The van der Waals surface area contributed by atoms with Crippen LogP contribution < -0.4 is 0 Å². The molecule has 0 aliphatic heterocycles. The van der Waals surface area contributed by atoms with E-state index in [9.17, 15) is 44.3 Å². The highest BCUT2D eigenvalue weighted by Crippen LogP contribution is 2.50. The van der Waals surface area contributed by atoms with Crippen LogP contribution in [0.3, 0.4) is 0 Å². The van der Waals surface area contributed by atoms with Gasteiger partial charge in [0, 0.05) is 19.1 Å². The summed E-state index contributed by atoms with van der Waals surface area (Å²) >= 11 is 0.324. The number of rotatable bonds is 6. The molecular formula is C9H9F9OS. The predicted octanol–water partition coefficient (Wildman–Crippen LogP) is 4.51. The third kappa shape index (κ3) is 5.06. The Bertz CT molecular complexity index is 350. The molecular weight excluding hydrogens is 327 g/mol. The molecule has 0 aliphatic rings. The maximum absolute atomic E-state index is 13.0. The van der Waals surface area contributed by atoms with E-state index in [-0.39, 0.29) is 0 Å². The van der Waals surface area contributed by atoms with Crippen molar-refractivity contribution in [1.29, 1.82) is 0 Å². The van der Waals surface area contributed by atoms with Crippen LogP contribution in [0.25, 0.3) is 0 Å². The third-order valence-electron chi connectivity index (χ3n) is 2.07. The Kier molecular flexibility index (Phi) is 5.84. The van der Waals surface area contributed by atoms with Crippen LogP contribution in [0.5, 0.6) is 0 Å². The van der Waals surface area contributed by atoms with Crippen LogP contribution in [0.1, 0.15) is 19.8 Å². The Labute approximate surface area is 111 Å². The molecule has 0 spiro atoms. The van der Waals surface area contributed by atoms with Gasteiger partial charge in [-0.2, -0.15) is 30.7 Å². The van der Waals surface area contributed by atoms with E-state index in [2.05, 4.69) is 0 Å². The van der Waals surface area contributed by atoms with Gasteiger partial charge in [-0.3, -0.25) is 4.79 Å². The lowest BCUT2D eigenvalue weighted by Gasteiger charge is -2.30. The Morgan fingerprint density at radius 2 is 1.40 bits per heavy atom. The fourth-order valence-electron chi connectivity index (χ4n) is 1.08. The lowest BCUT2D eigenvalue weighted by atomic mass is 10.0. The summed E-state index contributed by atoms with van der Waals surface area (Å²) in [6.07, 6.45) is -11.0. The molecule has 0 N–H and O–H groups in total. The summed E-state index contributed by atoms with van der Waals surface area (Å²) in [6.45, 7) is 0.995. The lowest BCUT2D eigenvalue weighted by molar-refractivity contribution is -0.362. The second-order valence-corrected chi connectivity index (χ2v) is 5.17. The monoisotopic (exact) mass is 336 g/mol. The molecule has 0 fully saturated rings. The highest BCUT2D eigenvalue weighted by Gasteiger charge is 2.74. The van der Waals surface area contributed by atoms with Gasteiger partial charge in [0.1, 0.15) is 0 Å². The molecule has 0 aromatic heterocycles. The molecule has 0 amide bonds. The first-order chi connectivity index (χ1) is 8.62. The van der Waals surface area contributed by atoms with Gasteiger partial charge in [0.2, 0.25) is 0 Å². The molecule has 11 heteroatoms. The first kappa shape index (κ1) is 19.4. The van der Waals surface area contributed by atoms with Crippen LogP contribution in [0.4, 0.5) is 39.5 Å². The first-order valence-corrected chi connectivity index (χ1v) is 5.94. The van der Waals surface area contributed by atoms with Gasteiger partial charge in [0.05, 0.1) is 6.42 Å². The van der Waals surface area contributed by atoms with Gasteiger partial charge in [-0.25, -0.2) is 8.78 Å². The fourth-order valence-corrected chi connectivity index (χ4v) is 1.76. The Balaban J connectivity index is 4.85. The average Bonchev–Trinajstić information content (AvgIpc) is 2.12. The Morgan fingerprint density at radius 3 is 1.75 bits per heavy atom. The maximum Gasteiger partial charge on any atom is 0.459 e. The minimum Gasteiger partial charge on any atom is -0.288 e. The van der Waals surface area contributed by atoms with Crippen molar-refractivity contribution in [3.63, 3.8) is 0 Å². The van der Waals surface area contributed by atoms with Crippen LogP contribution in [-0.4, -0.2) is 34.8 Å². The topological polar surface area (TPSA) is 17.1 Å². The smallest absolute Gasteiger partial charge is 0.288 e. The molecule has 0 aliphatic carbocycles. The van der Waals surface area contributed by atoms with Crippen molar-refractivity contribution in [2.75, 3.05) is 5.75 Å². The number of alkyl halides is 9. The zero-order valence-corrected chi connectivity index (χ0v) is 10.7. The number of carbonyl (C=O) groups excluding carboxylic acids is 1. The summed E-state index contributed by atoms with van der Waals surface area (Å²) in [5.74, 6) is -17.6. The highest BCUT2D eigenvalue weighted by molar-refractivity contribution is 8.13. The van der Waals surface area contributed by atoms with Crippen molar-refractivity contribution in [3.05, 3.63) is 0 Å². The molecule has 0 aromatic carbocycles. The molecule has 0 unspecified atom stereocenters. The summed E-state index contributed by atoms with van der Waals surface area (Å²) in [7, 11) is 0. The van der Waals surface area contributed by atoms with Gasteiger partial charge in [-0.05, 0) is 0 Å². The molecule has 0 bridgehead atoms. The molecule has 0 rings (SSSR count). The molecule has 0 radical (unpaired) electrons. The third-order valence-corrected chi connectivity index (χ3v) is 2.88. The quantitative estimate of drug-likeness (QED) is 0.664. The van der Waals surface area contributed by atoms with Gasteiger partial charge in [0.15, 0.2) is 5.12 Å². The van der Waals surface area contributed by atoms with Gasteiger partial charge >= 0.3 is 18.0 Å². The van der Waals surface area contributed by atoms with E-state index in [1.807, 2.05) is 0 Å². The van der Waals surface area contributed by atoms with Gasteiger partial charge < -0.3 is 0 Å². The summed E-state index contributed by atoms with van der Waals surface area (Å²) in [5, 5.41) is -0.617. The molecule has 0 saturated carbocycles. The van der Waals surface area contributed by atoms with Crippen molar-refractivity contribution >= 4 is 16.9 Å². The number of hydrogen-bond acceptors (Lipinski definition) is 2. The van der Waals surface area contributed by atoms with Gasteiger partial charge in [-0.15, -0.1) is 0 Å². The van der Waals surface area contributed by atoms with Crippen molar-refractivity contribution in [1.82, 2.24) is 0 Å². The summed E-state index contributed by atoms with van der Waals surface area (Å²) in [4.78, 5) is 10.4. The maximum atomic E-state index is 13.0. The lowest BCUT2D eigenvalue weighted by Crippen LogP contribution is -2.54. The molecule has 1 nitrogen and oxygen atoms in total. The number of halogens is 9. The second kappa shape index (κ2) is 6.02. The average molecular weight is 336 g/mol. The Morgan fingerprint density at radius 1 is 0.950 bits per heavy atom. The minimum atomic E-state index is -6.64. The standard InChI is InChI=1S/C9H9F9OS/c1-5(19)20-3-2-6(10,11)4-7(12,13)8(14,15)9(16,17)18/h2-4H2,1H3. The Hall–Kier alpha value is -0.610. The summed E-state index contributed by atoms with van der Waals surface area (Å²) in [6, 6.07) is 0. The highest BCUT2D eigenvalue weighted by atomic mass is 32.2. The molecule has 0 saturated heterocycles. The summed E-state index contributed by atoms with van der Waals surface area (Å²) < 4.78 is 112. The number of thioether (sulfide) groups is 1. The van der Waals surface area contributed by atoms with E-state index in [1.165, 1.54) is 0 Å². The zero-order valence-electron chi connectivity index (χ0n) is 9.84. The van der Waals surface area contributed by atoms with E-state index < -0.39 is 47.7 Å². The number of hydrogen-bond donors (Lipinski definition) is 0. The number of carbonyl (C=O) groups is 1. The molecule has 120 valence electrons. The van der Waals surface area contributed by atoms with Crippen molar-refractivity contribution in [2.45, 2.75) is 43.7 Å². The van der Waals surface area contributed by atoms with Crippen LogP contribution in [0.15, 0.2) is 0 Å². The second-order valence-electron chi connectivity index (χ2n) is 3.90. The van der Waals surface area contributed by atoms with Crippen LogP contribution in [0, 0.1) is 0 Å².